The predicted molar refractivity (Wildman–Crippen MR) is 21.8 cm³/mol. The molecule has 0 aliphatic heterocycles. The Hall–Kier alpha value is -0.0300. The normalized spacial score (nSPS) is 12.1. The molecule has 7 heteroatoms. The van der Waals surface area contributed by atoms with Gasteiger partial charge < -0.3 is 0 Å². The van der Waals surface area contributed by atoms with Crippen LogP contribution in [0.25, 0.3) is 0 Å². The second-order valence-corrected chi connectivity index (χ2v) is 2.37. The molecule has 0 radical (unpaired) electrons. The Morgan fingerprint density at radius 2 is 2.00 bits per heavy atom. The smallest absolute Gasteiger partial charge is 0.239 e. The van der Waals surface area contributed by atoms with Crippen LogP contribution in [-0.2, 0) is 18.8 Å². The van der Waals surface area contributed by atoms with E-state index in [9.17, 15) is 13.0 Å². The summed E-state index contributed by atoms with van der Waals surface area (Å²) in [6.07, 6.45) is 0. The van der Waals surface area contributed by atoms with Gasteiger partial charge in [-0.15, -0.1) is 0 Å². The summed E-state index contributed by atoms with van der Waals surface area (Å²) in [4.78, 5) is 0. The molecule has 0 aliphatic carbocycles. The third-order valence-electron chi connectivity index (χ3n) is 0.134. The summed E-state index contributed by atoms with van der Waals surface area (Å²) in [5.74, 6) is 0. The summed E-state index contributed by atoms with van der Waals surface area (Å²) in [7, 11) is -4.95. The molecule has 0 aromatic heterocycles. The van der Waals surface area contributed by atoms with Gasteiger partial charge in [0.1, 0.15) is 0 Å². The van der Waals surface area contributed by atoms with Crippen molar-refractivity contribution in [2.24, 2.45) is 5.14 Å². The zero-order valence-electron chi connectivity index (χ0n) is 3.07. The minimum atomic E-state index is -4.00. The number of nitrogens with two attached hydrogens (primary N) is 1. The molecular formula is H2NO4PS. The van der Waals surface area contributed by atoms with Crippen LogP contribution in [0.5, 0.6) is 0 Å². The van der Waals surface area contributed by atoms with Crippen LogP contribution in [0.15, 0.2) is 0 Å². The second kappa shape index (κ2) is 2.32. The summed E-state index contributed by atoms with van der Waals surface area (Å²) in [6, 6.07) is 0. The van der Waals surface area contributed by atoms with E-state index in [1.54, 1.807) is 0 Å². The molecule has 0 heterocycles. The van der Waals surface area contributed by atoms with Gasteiger partial charge in [-0.1, -0.05) is 0 Å². The minimum absolute atomic E-state index is 0.954. The molecule has 0 aromatic rings. The second-order valence-electron chi connectivity index (χ2n) is 0.642. The summed E-state index contributed by atoms with van der Waals surface area (Å²) in [5, 5.41) is 4.19. The highest BCUT2D eigenvalue weighted by Crippen LogP contribution is 1.96. The molecule has 5 nitrogen and oxygen atoms in total. The molecule has 0 aliphatic rings. The molecule has 0 saturated heterocycles. The molecule has 2 N–H and O–H groups in total. The predicted octanol–water partition coefficient (Wildman–Crippen LogP) is -0.587. The van der Waals surface area contributed by atoms with Crippen molar-refractivity contribution in [1.82, 2.24) is 0 Å². The van der Waals surface area contributed by atoms with Gasteiger partial charge in [0.15, 0.2) is 0 Å². The first-order valence-corrected chi connectivity index (χ1v) is 3.30. The SMILES string of the molecule is NS(=O)(=O)OP=O. The maximum atomic E-state index is 9.58. The maximum absolute atomic E-state index is 9.58. The third kappa shape index (κ3) is 5.97. The molecule has 0 bridgehead atoms. The molecule has 0 rings (SSSR count). The lowest BCUT2D eigenvalue weighted by Crippen LogP contribution is -2.10. The number of hydrogen-bond donors (Lipinski definition) is 1. The zero-order chi connectivity index (χ0) is 5.91. The quantitative estimate of drug-likeness (QED) is 0.523. The van der Waals surface area contributed by atoms with Crippen LogP contribution >= 0.6 is 8.69 Å². The Balaban J connectivity index is 3.84. The van der Waals surface area contributed by atoms with Gasteiger partial charge in [0.25, 0.3) is 0 Å². The van der Waals surface area contributed by atoms with E-state index in [-0.39, 0.29) is 0 Å². The van der Waals surface area contributed by atoms with Gasteiger partial charge in [-0.3, -0.25) is 0 Å². The number of hydrogen-bond acceptors (Lipinski definition) is 4. The van der Waals surface area contributed by atoms with Crippen molar-refractivity contribution in [3.63, 3.8) is 0 Å². The lowest BCUT2D eigenvalue weighted by Gasteiger charge is -1.80. The highest BCUT2D eigenvalue weighted by molar-refractivity contribution is 7.86. The summed E-state index contributed by atoms with van der Waals surface area (Å²) < 4.78 is 31.8. The van der Waals surface area contributed by atoms with Crippen molar-refractivity contribution in [1.29, 1.82) is 0 Å². The first kappa shape index (κ1) is 6.97. The average molecular weight is 143 g/mol. The first-order valence-electron chi connectivity index (χ1n) is 1.10. The number of rotatable bonds is 2. The van der Waals surface area contributed by atoms with Gasteiger partial charge in [0, 0.05) is 0 Å². The van der Waals surface area contributed by atoms with E-state index in [4.69, 9.17) is 0 Å². The van der Waals surface area contributed by atoms with Gasteiger partial charge in [0.2, 0.25) is 0 Å². The van der Waals surface area contributed by atoms with E-state index < -0.39 is 19.0 Å². The van der Waals surface area contributed by atoms with Crippen LogP contribution in [0.3, 0.4) is 0 Å². The lowest BCUT2D eigenvalue weighted by atomic mass is 13.9. The van der Waals surface area contributed by atoms with E-state index in [1.807, 2.05) is 0 Å². The molecule has 0 aromatic carbocycles. The molecular weight excluding hydrogens is 141 g/mol. The Morgan fingerprint density at radius 3 is 2.00 bits per heavy atom. The Kier molecular flexibility index (Phi) is 2.31. The largest absolute Gasteiger partial charge is 0.344 e. The summed E-state index contributed by atoms with van der Waals surface area (Å²) in [5.41, 5.74) is 0. The van der Waals surface area contributed by atoms with Crippen LogP contribution in [0.1, 0.15) is 0 Å². The van der Waals surface area contributed by atoms with E-state index in [2.05, 4.69) is 9.11 Å². The minimum Gasteiger partial charge on any atom is -0.239 e. The van der Waals surface area contributed by atoms with Crippen LogP contribution in [0, 0.1) is 0 Å². The molecule has 42 valence electrons. The van der Waals surface area contributed by atoms with Crippen molar-refractivity contribution in [3.05, 3.63) is 0 Å². The maximum Gasteiger partial charge on any atom is 0.344 e. The van der Waals surface area contributed by atoms with Crippen LogP contribution in [0.2, 0.25) is 0 Å². The van der Waals surface area contributed by atoms with Crippen LogP contribution < -0.4 is 5.14 Å². The van der Waals surface area contributed by atoms with E-state index in [1.165, 1.54) is 0 Å². The Labute approximate surface area is 42.0 Å². The standard InChI is InChI=1S/H2NO4PS/c1-7(3,4)5-6-2/h(H2,1,3,4). The van der Waals surface area contributed by atoms with Gasteiger partial charge in [-0.25, -0.2) is 9.70 Å². The fourth-order valence-corrected chi connectivity index (χ4v) is 0.382. The van der Waals surface area contributed by atoms with E-state index >= 15 is 0 Å². The molecule has 0 fully saturated rings. The van der Waals surface area contributed by atoms with Crippen LogP contribution in [0.4, 0.5) is 0 Å². The molecule has 7 heavy (non-hydrogen) atoms. The van der Waals surface area contributed by atoms with Crippen molar-refractivity contribution in [2.75, 3.05) is 0 Å². The monoisotopic (exact) mass is 143 g/mol. The van der Waals surface area contributed by atoms with Crippen molar-refractivity contribution in [2.45, 2.75) is 0 Å². The first-order chi connectivity index (χ1) is 3.06. The molecule has 0 amide bonds. The van der Waals surface area contributed by atoms with E-state index in [0.717, 1.165) is 0 Å². The molecule has 0 atom stereocenters. The topological polar surface area (TPSA) is 86.5 Å². The highest BCUT2D eigenvalue weighted by Gasteiger charge is 1.97. The fraction of sp³-hybridized carbons (Fsp3) is 0. The summed E-state index contributed by atoms with van der Waals surface area (Å²) in [6.45, 7) is 0. The molecule has 0 spiro atoms. The zero-order valence-corrected chi connectivity index (χ0v) is 4.78. The molecule has 0 saturated carbocycles. The van der Waals surface area contributed by atoms with Gasteiger partial charge >= 0.3 is 19.0 Å². The van der Waals surface area contributed by atoms with Gasteiger partial charge in [-0.05, 0) is 0 Å². The van der Waals surface area contributed by atoms with Crippen LogP contribution in [-0.4, -0.2) is 8.42 Å². The van der Waals surface area contributed by atoms with E-state index in [0.29, 0.717) is 0 Å². The van der Waals surface area contributed by atoms with Crippen molar-refractivity contribution in [3.8, 4) is 0 Å². The molecule has 0 unspecified atom stereocenters. The Morgan fingerprint density at radius 1 is 1.57 bits per heavy atom. The van der Waals surface area contributed by atoms with Crippen molar-refractivity contribution < 1.29 is 17.0 Å². The average Bonchev–Trinajstić information content (AvgIpc) is 1.30. The van der Waals surface area contributed by atoms with Crippen molar-refractivity contribution >= 4 is 19.0 Å². The van der Waals surface area contributed by atoms with Gasteiger partial charge in [0.05, 0.1) is 0 Å². The summed E-state index contributed by atoms with van der Waals surface area (Å²) >= 11 is 0. The lowest BCUT2D eigenvalue weighted by molar-refractivity contribution is 0.488. The van der Waals surface area contributed by atoms with Gasteiger partial charge in [-0.2, -0.15) is 12.4 Å². The highest BCUT2D eigenvalue weighted by atomic mass is 32.2. The Bertz CT molecular complexity index is 145. The third-order valence-corrected chi connectivity index (χ3v) is 1.21. The fourth-order valence-electron chi connectivity index (χ4n) is 0.0424.